The molecule has 0 amide bonds. The highest BCUT2D eigenvalue weighted by Gasteiger charge is 2.47. The van der Waals surface area contributed by atoms with Crippen LogP contribution in [-0.4, -0.2) is 5.16 Å². The molecule has 1 heterocycles. The number of aromatic nitrogens is 1. The molecular weight excluding hydrogens is 164 g/mol. The number of nitrogens with two attached hydrogens (primary N) is 1. The van der Waals surface area contributed by atoms with E-state index in [1.165, 1.54) is 19.3 Å². The van der Waals surface area contributed by atoms with Gasteiger partial charge in [-0.1, -0.05) is 5.16 Å². The van der Waals surface area contributed by atoms with Crippen molar-refractivity contribution in [2.24, 2.45) is 11.8 Å². The Morgan fingerprint density at radius 3 is 2.54 bits per heavy atom. The maximum absolute atomic E-state index is 5.65. The van der Waals surface area contributed by atoms with Gasteiger partial charge < -0.3 is 10.3 Å². The van der Waals surface area contributed by atoms with E-state index in [1.807, 2.05) is 6.92 Å². The molecule has 1 aromatic rings. The second-order valence-corrected chi connectivity index (χ2v) is 4.48. The van der Waals surface area contributed by atoms with Crippen molar-refractivity contribution in [1.82, 2.24) is 5.16 Å². The van der Waals surface area contributed by atoms with Crippen LogP contribution in [0.15, 0.2) is 4.52 Å². The van der Waals surface area contributed by atoms with E-state index >= 15 is 0 Å². The van der Waals surface area contributed by atoms with E-state index in [9.17, 15) is 0 Å². The van der Waals surface area contributed by atoms with Gasteiger partial charge in [-0.2, -0.15) is 0 Å². The Balaban J connectivity index is 1.88. The largest absolute Gasteiger partial charge is 0.381 e. The summed E-state index contributed by atoms with van der Waals surface area (Å²) in [5.41, 5.74) is 6.71. The zero-order chi connectivity index (χ0) is 9.00. The summed E-state index contributed by atoms with van der Waals surface area (Å²) >= 11 is 0. The molecule has 0 saturated heterocycles. The molecule has 2 fully saturated rings. The highest BCUT2D eigenvalue weighted by molar-refractivity contribution is 5.40. The van der Waals surface area contributed by atoms with Crippen molar-refractivity contribution < 1.29 is 4.52 Å². The fourth-order valence-corrected chi connectivity index (χ4v) is 2.67. The van der Waals surface area contributed by atoms with Gasteiger partial charge in [-0.05, 0) is 38.0 Å². The number of rotatable bonds is 1. The van der Waals surface area contributed by atoms with Crippen LogP contribution in [0.5, 0.6) is 0 Å². The SMILES string of the molecule is Cc1c(N)noc1C1CC2CC2C1. The van der Waals surface area contributed by atoms with Gasteiger partial charge in [0.15, 0.2) is 5.82 Å². The molecule has 2 aliphatic rings. The fourth-order valence-electron chi connectivity index (χ4n) is 2.67. The summed E-state index contributed by atoms with van der Waals surface area (Å²) in [5, 5.41) is 3.80. The van der Waals surface area contributed by atoms with Crippen molar-refractivity contribution in [3.8, 4) is 0 Å². The maximum atomic E-state index is 5.65. The number of nitrogen functional groups attached to an aromatic ring is 1. The van der Waals surface area contributed by atoms with Gasteiger partial charge in [-0.25, -0.2) is 0 Å². The molecule has 3 nitrogen and oxygen atoms in total. The van der Waals surface area contributed by atoms with Gasteiger partial charge in [0.25, 0.3) is 0 Å². The Kier molecular flexibility index (Phi) is 1.30. The molecule has 0 aromatic carbocycles. The third-order valence-electron chi connectivity index (χ3n) is 3.61. The van der Waals surface area contributed by atoms with Crippen LogP contribution in [0, 0.1) is 18.8 Å². The molecule has 0 bridgehead atoms. The van der Waals surface area contributed by atoms with Gasteiger partial charge in [0.1, 0.15) is 5.76 Å². The van der Waals surface area contributed by atoms with Gasteiger partial charge >= 0.3 is 0 Å². The highest BCUT2D eigenvalue weighted by atomic mass is 16.5. The molecule has 2 saturated carbocycles. The molecule has 2 N–H and O–H groups in total. The van der Waals surface area contributed by atoms with Gasteiger partial charge in [-0.15, -0.1) is 0 Å². The third kappa shape index (κ3) is 0.992. The minimum atomic E-state index is 0.565. The predicted octanol–water partition coefficient (Wildman–Crippen LogP) is 2.08. The Bertz CT molecular complexity index is 335. The van der Waals surface area contributed by atoms with Crippen LogP contribution in [0.1, 0.15) is 36.5 Å². The molecule has 70 valence electrons. The molecule has 2 atom stereocenters. The average Bonchev–Trinajstić information content (AvgIpc) is 2.58. The molecule has 0 aliphatic heterocycles. The molecule has 2 unspecified atom stereocenters. The van der Waals surface area contributed by atoms with E-state index in [-0.39, 0.29) is 0 Å². The molecule has 3 rings (SSSR count). The molecule has 0 spiro atoms. The first-order chi connectivity index (χ1) is 6.25. The molecule has 1 aromatic heterocycles. The lowest BCUT2D eigenvalue weighted by molar-refractivity contribution is 0.353. The monoisotopic (exact) mass is 178 g/mol. The zero-order valence-electron chi connectivity index (χ0n) is 7.79. The van der Waals surface area contributed by atoms with E-state index in [2.05, 4.69) is 5.16 Å². The second-order valence-electron chi connectivity index (χ2n) is 4.48. The first-order valence-electron chi connectivity index (χ1n) is 4.97. The molecule has 13 heavy (non-hydrogen) atoms. The topological polar surface area (TPSA) is 52.0 Å². The number of nitrogens with zero attached hydrogens (tertiary/aromatic N) is 1. The normalized spacial score (nSPS) is 36.2. The molecular formula is C10H14N2O. The first kappa shape index (κ1) is 7.42. The van der Waals surface area contributed by atoms with E-state index in [0.717, 1.165) is 23.2 Å². The fraction of sp³-hybridized carbons (Fsp3) is 0.700. The summed E-state index contributed by atoms with van der Waals surface area (Å²) in [5.74, 6) is 4.18. The average molecular weight is 178 g/mol. The van der Waals surface area contributed by atoms with Crippen molar-refractivity contribution in [3.05, 3.63) is 11.3 Å². The quantitative estimate of drug-likeness (QED) is 0.716. The third-order valence-corrected chi connectivity index (χ3v) is 3.61. The van der Waals surface area contributed by atoms with Crippen molar-refractivity contribution in [2.45, 2.75) is 32.1 Å². The Morgan fingerprint density at radius 2 is 2.00 bits per heavy atom. The van der Waals surface area contributed by atoms with Gasteiger partial charge in [-0.3, -0.25) is 0 Å². The lowest BCUT2D eigenvalue weighted by Gasteiger charge is -2.07. The summed E-state index contributed by atoms with van der Waals surface area (Å²) in [4.78, 5) is 0. The zero-order valence-corrected chi connectivity index (χ0v) is 7.79. The van der Waals surface area contributed by atoms with Crippen LogP contribution in [0.4, 0.5) is 5.82 Å². The van der Waals surface area contributed by atoms with Crippen LogP contribution in [0.25, 0.3) is 0 Å². The lowest BCUT2D eigenvalue weighted by atomic mass is 9.98. The van der Waals surface area contributed by atoms with E-state index < -0.39 is 0 Å². The number of anilines is 1. The standard InChI is InChI=1S/C10H14N2O/c1-5-9(13-12-10(5)11)8-3-6-2-7(6)4-8/h6-8H,2-4H2,1H3,(H2,11,12). The summed E-state index contributed by atoms with van der Waals surface area (Å²) in [6.07, 6.45) is 4.03. The predicted molar refractivity (Wildman–Crippen MR) is 49.2 cm³/mol. The molecule has 0 radical (unpaired) electrons. The maximum Gasteiger partial charge on any atom is 0.170 e. The first-order valence-corrected chi connectivity index (χ1v) is 4.97. The van der Waals surface area contributed by atoms with Crippen molar-refractivity contribution in [2.75, 3.05) is 5.73 Å². The van der Waals surface area contributed by atoms with Gasteiger partial charge in [0.05, 0.1) is 0 Å². The van der Waals surface area contributed by atoms with Crippen molar-refractivity contribution in [3.63, 3.8) is 0 Å². The number of hydrogen-bond acceptors (Lipinski definition) is 3. The minimum absolute atomic E-state index is 0.565. The molecule has 3 heteroatoms. The van der Waals surface area contributed by atoms with Crippen LogP contribution in [-0.2, 0) is 0 Å². The Morgan fingerprint density at radius 1 is 1.31 bits per heavy atom. The summed E-state index contributed by atoms with van der Waals surface area (Å²) in [7, 11) is 0. The number of fused-ring (bicyclic) bond motifs is 1. The summed E-state index contributed by atoms with van der Waals surface area (Å²) < 4.78 is 5.27. The summed E-state index contributed by atoms with van der Waals surface area (Å²) in [6, 6.07) is 0. The van der Waals surface area contributed by atoms with Gasteiger partial charge in [0, 0.05) is 11.5 Å². The smallest absolute Gasteiger partial charge is 0.170 e. The highest BCUT2D eigenvalue weighted by Crippen LogP contribution is 2.57. The van der Waals surface area contributed by atoms with Crippen LogP contribution < -0.4 is 5.73 Å². The van der Waals surface area contributed by atoms with Crippen molar-refractivity contribution >= 4 is 5.82 Å². The van der Waals surface area contributed by atoms with Crippen LogP contribution in [0.3, 0.4) is 0 Å². The van der Waals surface area contributed by atoms with Crippen LogP contribution in [0.2, 0.25) is 0 Å². The minimum Gasteiger partial charge on any atom is -0.381 e. The lowest BCUT2D eigenvalue weighted by Crippen LogP contribution is -1.96. The Hall–Kier alpha value is -0.990. The van der Waals surface area contributed by atoms with Crippen LogP contribution >= 0.6 is 0 Å². The second kappa shape index (κ2) is 2.28. The van der Waals surface area contributed by atoms with Gasteiger partial charge in [0.2, 0.25) is 0 Å². The summed E-state index contributed by atoms with van der Waals surface area (Å²) in [6.45, 7) is 2.01. The van der Waals surface area contributed by atoms with E-state index in [0.29, 0.717) is 11.7 Å². The number of hydrogen-bond donors (Lipinski definition) is 1. The van der Waals surface area contributed by atoms with Crippen molar-refractivity contribution in [1.29, 1.82) is 0 Å². The Labute approximate surface area is 77.3 Å². The molecule has 2 aliphatic carbocycles. The van der Waals surface area contributed by atoms with E-state index in [4.69, 9.17) is 10.3 Å². The van der Waals surface area contributed by atoms with E-state index in [1.54, 1.807) is 0 Å².